The molecule has 3 aliphatic rings. The van der Waals surface area contributed by atoms with Gasteiger partial charge in [-0.3, -0.25) is 0 Å². The van der Waals surface area contributed by atoms with Crippen molar-refractivity contribution >= 4 is 28.5 Å². The quantitative estimate of drug-likeness (QED) is 0.563. The Labute approximate surface area is 215 Å². The van der Waals surface area contributed by atoms with E-state index in [1.165, 1.54) is 0 Å². The molecule has 1 saturated heterocycles. The molecule has 8 heteroatoms. The van der Waals surface area contributed by atoms with Gasteiger partial charge in [0, 0.05) is 28.6 Å². The van der Waals surface area contributed by atoms with Crippen molar-refractivity contribution in [3.05, 3.63) is 63.1 Å². The van der Waals surface area contributed by atoms with E-state index in [4.69, 9.17) is 14.6 Å². The highest BCUT2D eigenvalue weighted by molar-refractivity contribution is 9.10. The molecule has 3 fully saturated rings. The van der Waals surface area contributed by atoms with Gasteiger partial charge in [-0.2, -0.15) is 10.5 Å². The van der Waals surface area contributed by atoms with Gasteiger partial charge in [-0.25, -0.2) is 0 Å². The summed E-state index contributed by atoms with van der Waals surface area (Å²) in [6.45, 7) is 5.38. The monoisotopic (exact) mass is 536 g/mol. The summed E-state index contributed by atoms with van der Waals surface area (Å²) < 4.78 is 12.3. The Balaban J connectivity index is 0.000000179. The Hall–Kier alpha value is -2.20. The normalized spacial score (nSPS) is 21.3. The van der Waals surface area contributed by atoms with Gasteiger partial charge in [-0.1, -0.05) is 32.0 Å². The van der Waals surface area contributed by atoms with Crippen LogP contribution >= 0.6 is 15.9 Å². The Bertz CT molecular complexity index is 1170. The number of nitrogens with zero attached hydrogens (tertiary/aromatic N) is 2. The van der Waals surface area contributed by atoms with Gasteiger partial charge in [0.05, 0.1) is 28.4 Å². The van der Waals surface area contributed by atoms with E-state index in [2.05, 4.69) is 41.9 Å². The Morgan fingerprint density at radius 1 is 0.829 bits per heavy atom. The van der Waals surface area contributed by atoms with Crippen LogP contribution in [-0.2, 0) is 20.5 Å². The van der Waals surface area contributed by atoms with Gasteiger partial charge in [0.15, 0.2) is 0 Å². The van der Waals surface area contributed by atoms with Crippen LogP contribution in [0.1, 0.15) is 74.6 Å². The van der Waals surface area contributed by atoms with Crippen molar-refractivity contribution < 1.29 is 19.5 Å². The molecule has 2 aliphatic carbocycles. The SMILES string of the molecule is CC1(C)COB(c2ccc(C3(O)CCC3)cc2C#N)OC1.N#Cc1cc(C2(O)CCC2)ccc1Br. The number of halogens is 1. The first-order chi connectivity index (χ1) is 16.6. The molecule has 2 saturated carbocycles. The summed E-state index contributed by atoms with van der Waals surface area (Å²) in [6.07, 6.45) is 5.24. The Kier molecular flexibility index (Phi) is 7.43. The van der Waals surface area contributed by atoms with Crippen LogP contribution in [-0.4, -0.2) is 30.5 Å². The smallest absolute Gasteiger partial charge is 0.407 e. The van der Waals surface area contributed by atoms with Crippen LogP contribution in [0, 0.1) is 28.1 Å². The predicted octanol–water partition coefficient (Wildman–Crippen LogP) is 4.39. The average Bonchev–Trinajstić information content (AvgIpc) is 2.81. The molecule has 0 spiro atoms. The zero-order chi connectivity index (χ0) is 25.3. The number of rotatable bonds is 3. The number of aliphatic hydroxyl groups is 2. The van der Waals surface area contributed by atoms with Crippen molar-refractivity contribution in [1.82, 2.24) is 0 Å². The van der Waals surface area contributed by atoms with Crippen LogP contribution in [0.3, 0.4) is 0 Å². The minimum Gasteiger partial charge on any atom is -0.407 e. The van der Waals surface area contributed by atoms with Crippen LogP contribution in [0.5, 0.6) is 0 Å². The summed E-state index contributed by atoms with van der Waals surface area (Å²) in [4.78, 5) is 0. The van der Waals surface area contributed by atoms with E-state index in [9.17, 15) is 15.5 Å². The molecule has 0 unspecified atom stereocenters. The van der Waals surface area contributed by atoms with Crippen molar-refractivity contribution in [3.8, 4) is 12.1 Å². The highest BCUT2D eigenvalue weighted by Gasteiger charge is 2.39. The second-order valence-corrected chi connectivity index (χ2v) is 11.5. The molecule has 0 amide bonds. The average molecular weight is 537 g/mol. The molecular formula is C27H30BBrN2O4. The number of hydrogen-bond donors (Lipinski definition) is 2. The largest absolute Gasteiger partial charge is 0.495 e. The second kappa shape index (κ2) is 10.0. The van der Waals surface area contributed by atoms with E-state index >= 15 is 0 Å². The zero-order valence-corrected chi connectivity index (χ0v) is 21.8. The van der Waals surface area contributed by atoms with Gasteiger partial charge in [-0.15, -0.1) is 0 Å². The first kappa shape index (κ1) is 25.9. The van der Waals surface area contributed by atoms with Crippen LogP contribution in [0.2, 0.25) is 0 Å². The number of hydrogen-bond acceptors (Lipinski definition) is 6. The summed E-state index contributed by atoms with van der Waals surface area (Å²) in [6, 6.07) is 15.3. The molecule has 2 aromatic carbocycles. The van der Waals surface area contributed by atoms with E-state index < -0.39 is 18.3 Å². The number of nitriles is 2. The van der Waals surface area contributed by atoms with Crippen LogP contribution in [0.15, 0.2) is 40.9 Å². The maximum Gasteiger partial charge on any atom is 0.495 e. The van der Waals surface area contributed by atoms with Crippen LogP contribution in [0.25, 0.3) is 0 Å². The molecule has 2 N–H and O–H groups in total. The minimum atomic E-state index is -0.750. The van der Waals surface area contributed by atoms with Crippen molar-refractivity contribution in [2.75, 3.05) is 13.2 Å². The summed E-state index contributed by atoms with van der Waals surface area (Å²) in [5.41, 5.74) is 2.13. The highest BCUT2D eigenvalue weighted by atomic mass is 79.9. The molecule has 182 valence electrons. The van der Waals surface area contributed by atoms with Crippen LogP contribution in [0.4, 0.5) is 0 Å². The molecule has 6 nitrogen and oxygen atoms in total. The fourth-order valence-electron chi connectivity index (χ4n) is 4.52. The van der Waals surface area contributed by atoms with Crippen molar-refractivity contribution in [2.45, 2.75) is 63.6 Å². The lowest BCUT2D eigenvalue weighted by Crippen LogP contribution is -2.48. The van der Waals surface area contributed by atoms with Gasteiger partial charge in [-0.05, 0) is 83.8 Å². The molecule has 35 heavy (non-hydrogen) atoms. The molecule has 0 bridgehead atoms. The molecule has 2 aromatic rings. The zero-order valence-electron chi connectivity index (χ0n) is 20.2. The van der Waals surface area contributed by atoms with E-state index in [0.717, 1.165) is 59.6 Å². The summed E-state index contributed by atoms with van der Waals surface area (Å²) in [5.74, 6) is 0. The molecule has 0 atom stereocenters. The molecule has 1 aliphatic heterocycles. The van der Waals surface area contributed by atoms with E-state index in [0.29, 0.717) is 24.3 Å². The fourth-order valence-corrected chi connectivity index (χ4v) is 4.86. The predicted molar refractivity (Wildman–Crippen MR) is 137 cm³/mol. The minimum absolute atomic E-state index is 0.00430. The topological polar surface area (TPSA) is 107 Å². The molecule has 0 aromatic heterocycles. The lowest BCUT2D eigenvalue weighted by atomic mass is 9.70. The van der Waals surface area contributed by atoms with Gasteiger partial charge in [0.25, 0.3) is 0 Å². The molecule has 0 radical (unpaired) electrons. The summed E-state index contributed by atoms with van der Waals surface area (Å²) >= 11 is 3.29. The summed E-state index contributed by atoms with van der Waals surface area (Å²) in [5, 5.41) is 38.7. The van der Waals surface area contributed by atoms with E-state index in [-0.39, 0.29) is 5.41 Å². The van der Waals surface area contributed by atoms with E-state index in [1.54, 1.807) is 12.1 Å². The standard InChI is InChI=1S/C16H20BNO3.C11H10BrNO/c1-15(2)10-20-17(21-11-15)14-5-4-13(8-12(14)9-18)16(19)6-3-7-16;12-10-3-2-9(6-8(10)7-13)11(14)4-1-5-11/h4-5,8,19H,3,6-7,10-11H2,1-2H3;2-3,6,14H,1,4-5H2. The fraction of sp³-hybridized carbons (Fsp3) is 0.481. The summed E-state index contributed by atoms with van der Waals surface area (Å²) in [7, 11) is -0.488. The Morgan fingerprint density at radius 3 is 1.77 bits per heavy atom. The van der Waals surface area contributed by atoms with Gasteiger partial charge in [0.1, 0.15) is 6.07 Å². The van der Waals surface area contributed by atoms with Gasteiger partial charge < -0.3 is 19.5 Å². The van der Waals surface area contributed by atoms with Crippen LogP contribution < -0.4 is 5.46 Å². The lowest BCUT2D eigenvalue weighted by molar-refractivity contribution is -0.0391. The first-order valence-corrected chi connectivity index (χ1v) is 12.8. The third-order valence-electron chi connectivity index (χ3n) is 7.20. The van der Waals surface area contributed by atoms with Crippen molar-refractivity contribution in [2.24, 2.45) is 5.41 Å². The Morgan fingerprint density at radius 2 is 1.31 bits per heavy atom. The maximum absolute atomic E-state index is 10.4. The second-order valence-electron chi connectivity index (χ2n) is 10.6. The van der Waals surface area contributed by atoms with Crippen molar-refractivity contribution in [1.29, 1.82) is 10.5 Å². The number of benzene rings is 2. The third-order valence-corrected chi connectivity index (χ3v) is 7.89. The molecule has 5 rings (SSSR count). The van der Waals surface area contributed by atoms with Gasteiger partial charge >= 0.3 is 7.12 Å². The van der Waals surface area contributed by atoms with E-state index in [1.807, 2.05) is 24.3 Å². The lowest BCUT2D eigenvalue weighted by Gasteiger charge is -2.37. The molecule has 1 heterocycles. The highest BCUT2D eigenvalue weighted by Crippen LogP contribution is 2.42. The van der Waals surface area contributed by atoms with Crippen molar-refractivity contribution in [3.63, 3.8) is 0 Å². The maximum atomic E-state index is 10.4. The molecular weight excluding hydrogens is 507 g/mol. The van der Waals surface area contributed by atoms with Gasteiger partial charge in [0.2, 0.25) is 0 Å². The third kappa shape index (κ3) is 5.48. The first-order valence-electron chi connectivity index (χ1n) is 12.0.